The van der Waals surface area contributed by atoms with E-state index >= 15 is 0 Å². The van der Waals surface area contributed by atoms with Gasteiger partial charge in [0.05, 0.1) is 24.1 Å². The molecule has 0 aliphatic carbocycles. The van der Waals surface area contributed by atoms with Gasteiger partial charge in [-0.05, 0) is 42.8 Å². The lowest BCUT2D eigenvalue weighted by Gasteiger charge is -2.12. The van der Waals surface area contributed by atoms with Crippen molar-refractivity contribution in [3.05, 3.63) is 100 Å². The number of rotatable bonds is 6. The number of ether oxygens (including phenoxy) is 1. The number of anilines is 1. The molecule has 2 aromatic carbocycles. The Balaban J connectivity index is 1.56. The zero-order valence-electron chi connectivity index (χ0n) is 17.2. The van der Waals surface area contributed by atoms with Gasteiger partial charge in [0.25, 0.3) is 11.5 Å². The summed E-state index contributed by atoms with van der Waals surface area (Å²) in [6, 6.07) is 20.0. The fourth-order valence-corrected chi connectivity index (χ4v) is 4.15. The Kier molecular flexibility index (Phi) is 6.04. The maximum atomic E-state index is 12.8. The summed E-state index contributed by atoms with van der Waals surface area (Å²) in [5.74, 6) is 0.770. The molecule has 0 atom stereocenters. The lowest BCUT2D eigenvalue weighted by atomic mass is 10.2. The van der Waals surface area contributed by atoms with Crippen molar-refractivity contribution in [2.45, 2.75) is 17.6 Å². The number of nitrogens with one attached hydrogen (secondary N) is 1. The van der Waals surface area contributed by atoms with Crippen LogP contribution in [-0.4, -0.2) is 22.4 Å². The van der Waals surface area contributed by atoms with E-state index in [0.717, 1.165) is 10.5 Å². The number of pyridine rings is 1. The van der Waals surface area contributed by atoms with Gasteiger partial charge in [0.15, 0.2) is 0 Å². The third-order valence-corrected chi connectivity index (χ3v) is 5.91. The van der Waals surface area contributed by atoms with E-state index in [0.29, 0.717) is 34.1 Å². The summed E-state index contributed by atoms with van der Waals surface area (Å²) >= 11 is 1.51. The van der Waals surface area contributed by atoms with Crippen molar-refractivity contribution in [1.82, 2.24) is 9.38 Å². The van der Waals surface area contributed by atoms with Gasteiger partial charge >= 0.3 is 0 Å². The predicted molar refractivity (Wildman–Crippen MR) is 123 cm³/mol. The van der Waals surface area contributed by atoms with Crippen LogP contribution in [0.15, 0.2) is 82.6 Å². The first-order valence-electron chi connectivity index (χ1n) is 9.71. The molecule has 4 rings (SSSR count). The van der Waals surface area contributed by atoms with E-state index in [9.17, 15) is 9.59 Å². The number of fused-ring (bicyclic) bond motifs is 1. The lowest BCUT2D eigenvalue weighted by Crippen LogP contribution is -2.16. The minimum atomic E-state index is -0.247. The highest BCUT2D eigenvalue weighted by Crippen LogP contribution is 2.30. The van der Waals surface area contributed by atoms with Gasteiger partial charge in [-0.3, -0.25) is 14.0 Å². The maximum Gasteiger partial charge on any atom is 0.259 e. The Morgan fingerprint density at radius 1 is 1.10 bits per heavy atom. The van der Waals surface area contributed by atoms with Gasteiger partial charge in [0, 0.05) is 22.9 Å². The zero-order valence-corrected chi connectivity index (χ0v) is 18.0. The van der Waals surface area contributed by atoms with E-state index in [1.54, 1.807) is 34.9 Å². The molecule has 0 saturated carbocycles. The molecule has 2 aromatic heterocycles. The van der Waals surface area contributed by atoms with Gasteiger partial charge in [-0.1, -0.05) is 30.3 Å². The van der Waals surface area contributed by atoms with Gasteiger partial charge in [-0.25, -0.2) is 4.98 Å². The second kappa shape index (κ2) is 9.06. The van der Waals surface area contributed by atoms with Crippen LogP contribution >= 0.6 is 11.8 Å². The van der Waals surface area contributed by atoms with Gasteiger partial charge in [0.1, 0.15) is 11.4 Å². The van der Waals surface area contributed by atoms with Crippen LogP contribution in [-0.2, 0) is 5.75 Å². The van der Waals surface area contributed by atoms with Crippen LogP contribution in [0.3, 0.4) is 0 Å². The summed E-state index contributed by atoms with van der Waals surface area (Å²) in [7, 11) is 1.54. The highest BCUT2D eigenvalue weighted by Gasteiger charge is 2.14. The maximum absolute atomic E-state index is 12.8. The standard InChI is InChI=1S/C24H21N3O3S/c1-16-8-7-13-27-22(28)14-17(25-23(16)27)15-31-21-12-6-4-10-19(21)26-24(29)18-9-3-5-11-20(18)30-2/h3-14H,15H2,1-2H3,(H,26,29). The van der Waals surface area contributed by atoms with Gasteiger partial charge in [0.2, 0.25) is 0 Å². The van der Waals surface area contributed by atoms with E-state index in [1.807, 2.05) is 49.4 Å². The van der Waals surface area contributed by atoms with Crippen molar-refractivity contribution >= 4 is 29.0 Å². The summed E-state index contributed by atoms with van der Waals surface area (Å²) in [5.41, 5.74) is 3.33. The highest BCUT2D eigenvalue weighted by atomic mass is 32.2. The number of benzene rings is 2. The molecule has 0 unspecified atom stereocenters. The van der Waals surface area contributed by atoms with Crippen molar-refractivity contribution in [1.29, 1.82) is 0 Å². The van der Waals surface area contributed by atoms with Crippen molar-refractivity contribution in [3.8, 4) is 5.75 Å². The van der Waals surface area contributed by atoms with Gasteiger partial charge < -0.3 is 10.1 Å². The monoisotopic (exact) mass is 431 g/mol. The second-order valence-corrected chi connectivity index (χ2v) is 7.93. The molecule has 31 heavy (non-hydrogen) atoms. The molecule has 0 aliphatic heterocycles. The average Bonchev–Trinajstić information content (AvgIpc) is 2.79. The second-order valence-electron chi connectivity index (χ2n) is 6.91. The SMILES string of the molecule is COc1ccccc1C(=O)Nc1ccccc1SCc1cc(=O)n2cccc(C)c2n1. The number of aromatic nitrogens is 2. The van der Waals surface area contributed by atoms with E-state index < -0.39 is 0 Å². The Morgan fingerprint density at radius 3 is 2.71 bits per heavy atom. The molecule has 156 valence electrons. The number of hydrogen-bond acceptors (Lipinski definition) is 5. The zero-order chi connectivity index (χ0) is 21.8. The Labute approximate surface area is 183 Å². The van der Waals surface area contributed by atoms with E-state index in [1.165, 1.54) is 18.9 Å². The number of para-hydroxylation sites is 2. The summed E-state index contributed by atoms with van der Waals surface area (Å²) in [6.07, 6.45) is 1.72. The summed E-state index contributed by atoms with van der Waals surface area (Å²) in [4.78, 5) is 30.8. The number of thioether (sulfide) groups is 1. The first-order chi connectivity index (χ1) is 15.1. The molecular weight excluding hydrogens is 410 g/mol. The number of amides is 1. The fraction of sp³-hybridized carbons (Fsp3) is 0.125. The van der Waals surface area contributed by atoms with Gasteiger partial charge in [-0.15, -0.1) is 11.8 Å². The van der Waals surface area contributed by atoms with Crippen LogP contribution in [0.5, 0.6) is 5.75 Å². The van der Waals surface area contributed by atoms with Gasteiger partial charge in [-0.2, -0.15) is 0 Å². The molecule has 7 heteroatoms. The molecule has 0 fully saturated rings. The molecule has 0 radical (unpaired) electrons. The minimum Gasteiger partial charge on any atom is -0.496 e. The van der Waals surface area contributed by atoms with Crippen LogP contribution < -0.4 is 15.6 Å². The summed E-state index contributed by atoms with van der Waals surface area (Å²) in [6.45, 7) is 1.93. The third-order valence-electron chi connectivity index (χ3n) is 4.80. The first kappa shape index (κ1) is 20.7. The Bertz CT molecular complexity index is 1320. The molecule has 0 saturated heterocycles. The quantitative estimate of drug-likeness (QED) is 0.453. The number of carbonyl (C=O) groups excluding carboxylic acids is 1. The average molecular weight is 432 g/mol. The molecule has 1 N–H and O–H groups in total. The van der Waals surface area contributed by atoms with Crippen LogP contribution in [0.4, 0.5) is 5.69 Å². The first-order valence-corrected chi connectivity index (χ1v) is 10.7. The molecule has 2 heterocycles. The third kappa shape index (κ3) is 4.46. The van der Waals surface area contributed by atoms with Crippen LogP contribution in [0.2, 0.25) is 0 Å². The molecule has 4 aromatic rings. The number of hydrogen-bond donors (Lipinski definition) is 1. The molecule has 0 bridgehead atoms. The number of carbonyl (C=O) groups is 1. The topological polar surface area (TPSA) is 72.7 Å². The van der Waals surface area contributed by atoms with Crippen molar-refractivity contribution in [2.24, 2.45) is 0 Å². The highest BCUT2D eigenvalue weighted by molar-refractivity contribution is 7.98. The number of aryl methyl sites for hydroxylation is 1. The number of methoxy groups -OCH3 is 1. The summed E-state index contributed by atoms with van der Waals surface area (Å²) < 4.78 is 6.84. The molecule has 0 aliphatic rings. The van der Waals surface area contributed by atoms with E-state index in [4.69, 9.17) is 4.74 Å². The van der Waals surface area contributed by atoms with Crippen LogP contribution in [0.1, 0.15) is 21.6 Å². The van der Waals surface area contributed by atoms with Crippen molar-refractivity contribution in [3.63, 3.8) is 0 Å². The normalized spacial score (nSPS) is 10.8. The minimum absolute atomic E-state index is 0.109. The molecule has 0 spiro atoms. The Hall–Kier alpha value is -3.58. The molecular formula is C24H21N3O3S. The Morgan fingerprint density at radius 2 is 1.87 bits per heavy atom. The fourth-order valence-electron chi connectivity index (χ4n) is 3.25. The van der Waals surface area contributed by atoms with E-state index in [2.05, 4.69) is 10.3 Å². The van der Waals surface area contributed by atoms with Crippen molar-refractivity contribution in [2.75, 3.05) is 12.4 Å². The predicted octanol–water partition coefficient (Wildman–Crippen LogP) is 4.56. The summed E-state index contributed by atoms with van der Waals surface area (Å²) in [5, 5.41) is 2.96. The molecule has 1 amide bonds. The lowest BCUT2D eigenvalue weighted by molar-refractivity contribution is 0.102. The van der Waals surface area contributed by atoms with Crippen LogP contribution in [0, 0.1) is 6.92 Å². The number of nitrogens with zero attached hydrogens (tertiary/aromatic N) is 2. The van der Waals surface area contributed by atoms with Crippen molar-refractivity contribution < 1.29 is 9.53 Å². The largest absolute Gasteiger partial charge is 0.496 e. The molecule has 6 nitrogen and oxygen atoms in total. The van der Waals surface area contributed by atoms with Crippen LogP contribution in [0.25, 0.3) is 5.65 Å². The smallest absolute Gasteiger partial charge is 0.259 e. The van der Waals surface area contributed by atoms with E-state index in [-0.39, 0.29) is 11.5 Å².